The topological polar surface area (TPSA) is 73.6 Å². The fourth-order valence-corrected chi connectivity index (χ4v) is 2.28. The third-order valence-electron chi connectivity index (χ3n) is 3.50. The van der Waals surface area contributed by atoms with Crippen molar-refractivity contribution in [1.82, 2.24) is 9.80 Å². The van der Waals surface area contributed by atoms with Gasteiger partial charge in [-0.3, -0.25) is 9.59 Å². The summed E-state index contributed by atoms with van der Waals surface area (Å²) in [6, 6.07) is 7.19. The van der Waals surface area contributed by atoms with Crippen molar-refractivity contribution in [2.24, 2.45) is 0 Å². The lowest BCUT2D eigenvalue weighted by molar-refractivity contribution is -0.150. The number of methoxy groups -OCH3 is 1. The van der Waals surface area contributed by atoms with Crippen LogP contribution in [0.25, 0.3) is 0 Å². The minimum atomic E-state index is -0.0697. The monoisotopic (exact) mass is 287 g/mol. The van der Waals surface area contributed by atoms with E-state index in [1.807, 2.05) is 13.0 Å². The predicted molar refractivity (Wildman–Crippen MR) is 75.4 cm³/mol. The average molecular weight is 287 g/mol. The standard InChI is InChI=1S/C15H17N3O3/c1-3-17-9-15(20)18(10-14(17)19)8-11-4-5-12(7-16)13(6-11)21-2/h4-6H,3,8-10H2,1-2H3. The molecule has 0 saturated carbocycles. The number of hydrogen-bond donors (Lipinski definition) is 0. The van der Waals surface area contributed by atoms with Crippen LogP contribution in [0.3, 0.4) is 0 Å². The Hall–Kier alpha value is -2.55. The lowest BCUT2D eigenvalue weighted by Crippen LogP contribution is -2.53. The molecule has 1 aromatic rings. The van der Waals surface area contributed by atoms with Crippen LogP contribution in [0.4, 0.5) is 0 Å². The number of nitriles is 1. The van der Waals surface area contributed by atoms with Crippen molar-refractivity contribution < 1.29 is 14.3 Å². The molecular weight excluding hydrogens is 270 g/mol. The Morgan fingerprint density at radius 3 is 2.52 bits per heavy atom. The summed E-state index contributed by atoms with van der Waals surface area (Å²) in [6.07, 6.45) is 0. The first-order chi connectivity index (χ1) is 10.1. The molecular formula is C15H17N3O3. The van der Waals surface area contributed by atoms with E-state index in [2.05, 4.69) is 0 Å². The molecule has 1 aliphatic heterocycles. The molecule has 2 amide bonds. The summed E-state index contributed by atoms with van der Waals surface area (Å²) in [5.74, 6) is 0.360. The quantitative estimate of drug-likeness (QED) is 0.819. The highest BCUT2D eigenvalue weighted by molar-refractivity contribution is 5.92. The molecule has 1 aliphatic rings. The number of carbonyl (C=O) groups excluding carboxylic acids is 2. The van der Waals surface area contributed by atoms with Crippen LogP contribution in [0.15, 0.2) is 18.2 Å². The minimum Gasteiger partial charge on any atom is -0.495 e. The fourth-order valence-electron chi connectivity index (χ4n) is 2.28. The van der Waals surface area contributed by atoms with Crippen LogP contribution >= 0.6 is 0 Å². The number of nitrogens with zero attached hydrogens (tertiary/aromatic N) is 3. The molecule has 0 bridgehead atoms. The van der Waals surface area contributed by atoms with E-state index in [-0.39, 0.29) is 24.9 Å². The molecule has 0 spiro atoms. The van der Waals surface area contributed by atoms with E-state index in [1.54, 1.807) is 18.2 Å². The maximum absolute atomic E-state index is 12.0. The average Bonchev–Trinajstić information content (AvgIpc) is 2.50. The van der Waals surface area contributed by atoms with Crippen molar-refractivity contribution in [3.63, 3.8) is 0 Å². The second-order valence-electron chi connectivity index (χ2n) is 4.80. The Morgan fingerprint density at radius 2 is 1.90 bits per heavy atom. The molecule has 0 N–H and O–H groups in total. The molecule has 110 valence electrons. The summed E-state index contributed by atoms with van der Waals surface area (Å²) in [5.41, 5.74) is 1.27. The van der Waals surface area contributed by atoms with Crippen LogP contribution in [0.2, 0.25) is 0 Å². The normalized spacial score (nSPS) is 15.1. The van der Waals surface area contributed by atoms with Gasteiger partial charge in [0, 0.05) is 13.1 Å². The summed E-state index contributed by atoms with van der Waals surface area (Å²) in [4.78, 5) is 27.0. The first-order valence-electron chi connectivity index (χ1n) is 6.71. The lowest BCUT2D eigenvalue weighted by atomic mass is 10.1. The van der Waals surface area contributed by atoms with E-state index in [0.717, 1.165) is 5.56 Å². The number of hydrogen-bond acceptors (Lipinski definition) is 4. The molecule has 0 unspecified atom stereocenters. The van der Waals surface area contributed by atoms with Crippen molar-refractivity contribution in [3.8, 4) is 11.8 Å². The zero-order valence-corrected chi connectivity index (χ0v) is 12.1. The first kappa shape index (κ1) is 14.9. The Kier molecular flexibility index (Phi) is 4.43. The molecule has 1 saturated heterocycles. The van der Waals surface area contributed by atoms with Crippen molar-refractivity contribution in [3.05, 3.63) is 29.3 Å². The number of amides is 2. The van der Waals surface area contributed by atoms with Crippen LogP contribution in [-0.2, 0) is 16.1 Å². The van der Waals surface area contributed by atoms with Crippen LogP contribution < -0.4 is 4.74 Å². The summed E-state index contributed by atoms with van der Waals surface area (Å²) in [6.45, 7) is 2.96. The van der Waals surface area contributed by atoms with E-state index in [4.69, 9.17) is 10.00 Å². The Balaban J connectivity index is 2.13. The van der Waals surface area contributed by atoms with Crippen LogP contribution in [0.5, 0.6) is 5.75 Å². The van der Waals surface area contributed by atoms with Gasteiger partial charge in [-0.25, -0.2) is 0 Å². The van der Waals surface area contributed by atoms with Crippen LogP contribution in [0.1, 0.15) is 18.1 Å². The number of likely N-dealkylation sites (N-methyl/N-ethyl adjacent to an activating group) is 1. The summed E-state index contributed by atoms with van der Waals surface area (Å²) in [7, 11) is 1.49. The van der Waals surface area contributed by atoms with Gasteiger partial charge in [-0.1, -0.05) is 6.07 Å². The summed E-state index contributed by atoms with van der Waals surface area (Å²) >= 11 is 0. The van der Waals surface area contributed by atoms with Crippen molar-refractivity contribution in [1.29, 1.82) is 5.26 Å². The first-order valence-corrected chi connectivity index (χ1v) is 6.71. The van der Waals surface area contributed by atoms with Gasteiger partial charge in [-0.2, -0.15) is 5.26 Å². The minimum absolute atomic E-state index is 0.0438. The number of piperazine rings is 1. The van der Waals surface area contributed by atoms with Gasteiger partial charge in [0.15, 0.2) is 0 Å². The SMILES string of the molecule is CCN1CC(=O)N(Cc2ccc(C#N)c(OC)c2)CC1=O. The number of benzene rings is 1. The zero-order valence-electron chi connectivity index (χ0n) is 12.1. The maximum atomic E-state index is 12.0. The second kappa shape index (κ2) is 6.27. The highest BCUT2D eigenvalue weighted by Crippen LogP contribution is 2.21. The maximum Gasteiger partial charge on any atom is 0.242 e. The predicted octanol–water partition coefficient (Wildman–Crippen LogP) is 0.758. The van der Waals surface area contributed by atoms with E-state index in [1.165, 1.54) is 16.9 Å². The van der Waals surface area contributed by atoms with E-state index < -0.39 is 0 Å². The molecule has 0 aliphatic carbocycles. The molecule has 1 heterocycles. The van der Waals surface area contributed by atoms with E-state index in [9.17, 15) is 9.59 Å². The molecule has 6 nitrogen and oxygen atoms in total. The van der Waals surface area contributed by atoms with Gasteiger partial charge in [-0.05, 0) is 24.6 Å². The molecule has 2 rings (SSSR count). The largest absolute Gasteiger partial charge is 0.495 e. The van der Waals surface area contributed by atoms with Gasteiger partial charge in [0.2, 0.25) is 11.8 Å². The third kappa shape index (κ3) is 3.14. The Morgan fingerprint density at radius 1 is 1.24 bits per heavy atom. The number of rotatable bonds is 4. The van der Waals surface area contributed by atoms with Gasteiger partial charge < -0.3 is 14.5 Å². The van der Waals surface area contributed by atoms with Crippen LogP contribution in [0, 0.1) is 11.3 Å². The van der Waals surface area contributed by atoms with E-state index in [0.29, 0.717) is 24.4 Å². The highest BCUT2D eigenvalue weighted by atomic mass is 16.5. The summed E-state index contributed by atoms with van der Waals surface area (Å²) in [5, 5.41) is 8.95. The third-order valence-corrected chi connectivity index (χ3v) is 3.50. The van der Waals surface area contributed by atoms with Gasteiger partial charge in [-0.15, -0.1) is 0 Å². The molecule has 0 radical (unpaired) electrons. The van der Waals surface area contributed by atoms with Gasteiger partial charge in [0.25, 0.3) is 0 Å². The highest BCUT2D eigenvalue weighted by Gasteiger charge is 2.28. The smallest absolute Gasteiger partial charge is 0.242 e. The molecule has 6 heteroatoms. The van der Waals surface area contributed by atoms with Gasteiger partial charge in [0.05, 0.1) is 19.2 Å². The number of carbonyl (C=O) groups is 2. The Labute approximate surface area is 123 Å². The Bertz CT molecular complexity index is 607. The molecule has 0 atom stereocenters. The van der Waals surface area contributed by atoms with Gasteiger partial charge >= 0.3 is 0 Å². The fraction of sp³-hybridized carbons (Fsp3) is 0.400. The van der Waals surface area contributed by atoms with Gasteiger partial charge in [0.1, 0.15) is 18.4 Å². The lowest BCUT2D eigenvalue weighted by Gasteiger charge is -2.33. The van der Waals surface area contributed by atoms with Crippen LogP contribution in [-0.4, -0.2) is 48.4 Å². The zero-order chi connectivity index (χ0) is 15.4. The molecule has 1 aromatic carbocycles. The van der Waals surface area contributed by atoms with Crippen molar-refractivity contribution in [2.75, 3.05) is 26.7 Å². The van der Waals surface area contributed by atoms with Crippen molar-refractivity contribution in [2.45, 2.75) is 13.5 Å². The van der Waals surface area contributed by atoms with E-state index >= 15 is 0 Å². The second-order valence-corrected chi connectivity index (χ2v) is 4.80. The molecule has 1 fully saturated rings. The molecule has 0 aromatic heterocycles. The molecule has 21 heavy (non-hydrogen) atoms. The number of ether oxygens (including phenoxy) is 1. The van der Waals surface area contributed by atoms with Crippen molar-refractivity contribution >= 4 is 11.8 Å². The summed E-state index contributed by atoms with van der Waals surface area (Å²) < 4.78 is 5.15.